The molecule has 1 aromatic carbocycles. The van der Waals surface area contributed by atoms with Crippen molar-refractivity contribution in [1.82, 2.24) is 15.3 Å². The predicted molar refractivity (Wildman–Crippen MR) is 78.1 cm³/mol. The Bertz CT molecular complexity index is 744. The van der Waals surface area contributed by atoms with E-state index in [1.807, 2.05) is 0 Å². The van der Waals surface area contributed by atoms with Gasteiger partial charge in [-0.2, -0.15) is 0 Å². The lowest BCUT2D eigenvalue weighted by Crippen LogP contribution is -2.45. The summed E-state index contributed by atoms with van der Waals surface area (Å²) in [4.78, 5) is 21.0. The van der Waals surface area contributed by atoms with E-state index < -0.39 is 17.4 Å². The van der Waals surface area contributed by atoms with Gasteiger partial charge in [-0.05, 0) is 12.1 Å². The number of hydrogen-bond acceptors (Lipinski definition) is 4. The molecule has 0 bridgehead atoms. The zero-order valence-corrected chi connectivity index (χ0v) is 11.9. The first-order chi connectivity index (χ1) is 11.0. The van der Waals surface area contributed by atoms with E-state index in [2.05, 4.69) is 21.9 Å². The number of nitrogens with one attached hydrogen (secondary N) is 1. The van der Waals surface area contributed by atoms with Crippen LogP contribution in [0.4, 0.5) is 19.3 Å². The van der Waals surface area contributed by atoms with Crippen molar-refractivity contribution in [1.29, 1.82) is 0 Å². The zero-order chi connectivity index (χ0) is 16.4. The van der Waals surface area contributed by atoms with Crippen LogP contribution < -0.4 is 15.0 Å². The van der Waals surface area contributed by atoms with E-state index in [9.17, 15) is 13.6 Å². The molecule has 0 unspecified atom stereocenters. The van der Waals surface area contributed by atoms with E-state index in [1.54, 1.807) is 0 Å². The van der Waals surface area contributed by atoms with Gasteiger partial charge in [-0.15, -0.1) is 0 Å². The number of rotatable bonds is 3. The number of benzene rings is 1. The molecule has 3 rings (SSSR count). The first-order valence-electron chi connectivity index (χ1n) is 6.75. The summed E-state index contributed by atoms with van der Waals surface area (Å²) >= 11 is 0. The van der Waals surface area contributed by atoms with Crippen molar-refractivity contribution in [2.75, 3.05) is 11.4 Å². The fourth-order valence-corrected chi connectivity index (χ4v) is 2.05. The lowest BCUT2D eigenvalue weighted by atomic mass is 10.2. The number of amides is 2. The molecule has 0 atom stereocenters. The summed E-state index contributed by atoms with van der Waals surface area (Å²) < 4.78 is 32.0. The average molecular weight is 318 g/mol. The molecule has 0 spiro atoms. The number of nitrogens with zero attached hydrogens (tertiary/aromatic N) is 3. The van der Waals surface area contributed by atoms with Crippen molar-refractivity contribution in [2.45, 2.75) is 6.42 Å². The van der Waals surface area contributed by atoms with Gasteiger partial charge in [0.05, 0.1) is 18.1 Å². The van der Waals surface area contributed by atoms with Crippen LogP contribution in [0.15, 0.2) is 42.9 Å². The number of urea groups is 1. The van der Waals surface area contributed by atoms with E-state index in [1.165, 1.54) is 23.4 Å². The number of hydrogen-bond donors (Lipinski definition) is 1. The lowest BCUT2D eigenvalue weighted by molar-refractivity contribution is 0.246. The van der Waals surface area contributed by atoms with E-state index in [0.717, 1.165) is 12.1 Å². The molecule has 1 saturated heterocycles. The second-order valence-electron chi connectivity index (χ2n) is 4.81. The van der Waals surface area contributed by atoms with Crippen molar-refractivity contribution >= 4 is 11.7 Å². The fourth-order valence-electron chi connectivity index (χ4n) is 2.05. The largest absolute Gasteiger partial charge is 0.418 e. The quantitative estimate of drug-likeness (QED) is 0.945. The molecular weight excluding hydrogens is 306 g/mol. The van der Waals surface area contributed by atoms with E-state index in [4.69, 9.17) is 4.74 Å². The minimum Gasteiger partial charge on any atom is -0.418 e. The number of ether oxygens (including phenoxy) is 1. The monoisotopic (exact) mass is 318 g/mol. The second-order valence-corrected chi connectivity index (χ2v) is 4.81. The Labute approximate surface area is 130 Å². The molecule has 1 fully saturated rings. The van der Waals surface area contributed by atoms with Gasteiger partial charge in [0.2, 0.25) is 5.75 Å². The molecule has 2 heterocycles. The van der Waals surface area contributed by atoms with Crippen molar-refractivity contribution in [3.8, 4) is 11.8 Å². The van der Waals surface area contributed by atoms with Crippen LogP contribution in [0.3, 0.4) is 0 Å². The molecule has 1 N–H and O–H groups in total. The highest BCUT2D eigenvalue weighted by molar-refractivity contribution is 5.93. The summed E-state index contributed by atoms with van der Waals surface area (Å²) in [5.41, 5.74) is 1.08. The van der Waals surface area contributed by atoms with Gasteiger partial charge >= 0.3 is 12.0 Å². The Hall–Kier alpha value is -3.03. The number of carbonyl (C=O) groups excluding carboxylic acids is 1. The molecule has 1 aromatic heterocycles. The van der Waals surface area contributed by atoms with Crippen LogP contribution in [0.1, 0.15) is 6.42 Å². The third kappa shape index (κ3) is 3.10. The van der Waals surface area contributed by atoms with Crippen molar-refractivity contribution < 1.29 is 18.3 Å². The summed E-state index contributed by atoms with van der Waals surface area (Å²) in [7, 11) is 0. The Morgan fingerprint density at radius 1 is 1.22 bits per heavy atom. The number of carbonyl (C=O) groups is 1. The zero-order valence-electron chi connectivity index (χ0n) is 11.9. The Morgan fingerprint density at radius 2 is 1.87 bits per heavy atom. The molecule has 2 aromatic rings. The maximum atomic E-state index is 13.5. The summed E-state index contributed by atoms with van der Waals surface area (Å²) in [5, 5.41) is 2.60. The smallest absolute Gasteiger partial charge is 0.326 e. The van der Waals surface area contributed by atoms with Crippen LogP contribution >= 0.6 is 0 Å². The van der Waals surface area contributed by atoms with Gasteiger partial charge in [-0.1, -0.05) is 12.6 Å². The lowest BCUT2D eigenvalue weighted by Gasteiger charge is -2.28. The third-order valence-electron chi connectivity index (χ3n) is 3.20. The molecular formula is C15H12F2N4O2. The number of aromatic nitrogens is 2. The van der Waals surface area contributed by atoms with Crippen LogP contribution in [0, 0.1) is 11.6 Å². The molecule has 1 aliphatic heterocycles. The Morgan fingerprint density at radius 3 is 2.48 bits per heavy atom. The van der Waals surface area contributed by atoms with Gasteiger partial charge in [-0.3, -0.25) is 4.90 Å². The van der Waals surface area contributed by atoms with E-state index in [0.29, 0.717) is 24.4 Å². The van der Waals surface area contributed by atoms with E-state index in [-0.39, 0.29) is 12.0 Å². The van der Waals surface area contributed by atoms with Gasteiger partial charge < -0.3 is 10.1 Å². The molecule has 6 nitrogen and oxygen atoms in total. The average Bonchev–Trinajstić information content (AvgIpc) is 2.52. The molecule has 0 saturated carbocycles. The van der Waals surface area contributed by atoms with Crippen molar-refractivity contribution in [3.63, 3.8) is 0 Å². The SMILES string of the molecule is C=C1CCN(c2cnc(Oc3c(F)cccc3F)nc2)C(=O)N1. The van der Waals surface area contributed by atoms with E-state index >= 15 is 0 Å². The number of anilines is 1. The summed E-state index contributed by atoms with van der Waals surface area (Å²) in [6.07, 6.45) is 3.29. The second kappa shape index (κ2) is 5.99. The van der Waals surface area contributed by atoms with Gasteiger partial charge in [0.15, 0.2) is 11.6 Å². The molecule has 8 heteroatoms. The molecule has 23 heavy (non-hydrogen) atoms. The van der Waals surface area contributed by atoms with Crippen LogP contribution in [0.5, 0.6) is 11.8 Å². The molecule has 118 valence electrons. The summed E-state index contributed by atoms with van der Waals surface area (Å²) in [6, 6.07) is 2.80. The topological polar surface area (TPSA) is 67.3 Å². The standard InChI is InChI=1S/C15H12F2N4O2/c1-9-5-6-21(15(22)20-9)10-7-18-14(19-8-10)23-13-11(16)3-2-4-12(13)17/h2-4,7-8H,1,5-6H2,(H,20,22). The van der Waals surface area contributed by atoms with Crippen molar-refractivity contribution in [3.05, 3.63) is 54.5 Å². The summed E-state index contributed by atoms with van der Waals surface area (Å²) in [6.45, 7) is 4.13. The molecule has 0 radical (unpaired) electrons. The Balaban J connectivity index is 1.77. The molecule has 0 aliphatic carbocycles. The highest BCUT2D eigenvalue weighted by Gasteiger charge is 2.22. The van der Waals surface area contributed by atoms with Gasteiger partial charge in [0, 0.05) is 18.7 Å². The number of halogens is 2. The van der Waals surface area contributed by atoms with Crippen LogP contribution in [-0.2, 0) is 0 Å². The number of para-hydroxylation sites is 1. The highest BCUT2D eigenvalue weighted by Crippen LogP contribution is 2.26. The normalized spacial score (nSPS) is 14.6. The van der Waals surface area contributed by atoms with Crippen LogP contribution in [0.25, 0.3) is 0 Å². The maximum Gasteiger partial charge on any atom is 0.326 e. The van der Waals surface area contributed by atoms with Crippen molar-refractivity contribution in [2.24, 2.45) is 0 Å². The minimum atomic E-state index is -0.855. The minimum absolute atomic E-state index is 0.223. The van der Waals surface area contributed by atoms with Crippen LogP contribution in [0.2, 0.25) is 0 Å². The van der Waals surface area contributed by atoms with Gasteiger partial charge in [-0.25, -0.2) is 23.5 Å². The Kier molecular flexibility index (Phi) is 3.88. The highest BCUT2D eigenvalue weighted by atomic mass is 19.1. The van der Waals surface area contributed by atoms with Crippen LogP contribution in [-0.4, -0.2) is 22.5 Å². The molecule has 1 aliphatic rings. The van der Waals surface area contributed by atoms with Gasteiger partial charge in [0.1, 0.15) is 0 Å². The summed E-state index contributed by atoms with van der Waals surface area (Å²) in [5.74, 6) is -2.29. The molecule has 2 amide bonds. The maximum absolute atomic E-state index is 13.5. The predicted octanol–water partition coefficient (Wildman–Crippen LogP) is 2.98. The third-order valence-corrected chi connectivity index (χ3v) is 3.20. The fraction of sp³-hybridized carbons (Fsp3) is 0.133. The first kappa shape index (κ1) is 14.9. The first-order valence-corrected chi connectivity index (χ1v) is 6.75. The van der Waals surface area contributed by atoms with Gasteiger partial charge in [0.25, 0.3) is 0 Å².